The lowest BCUT2D eigenvalue weighted by atomic mass is 10.1. The fraction of sp³-hybridized carbons (Fsp3) is 0.286. The number of thioether (sulfide) groups is 1. The Labute approximate surface area is 173 Å². The molecule has 0 saturated heterocycles. The number of benzene rings is 2. The Hall–Kier alpha value is -2.38. The molecule has 0 radical (unpaired) electrons. The summed E-state index contributed by atoms with van der Waals surface area (Å²) in [5, 5.41) is 11.6. The monoisotopic (exact) mass is 413 g/mol. The molecule has 1 N–H and O–H groups in total. The summed E-state index contributed by atoms with van der Waals surface area (Å²) < 4.78 is 6.78. The Morgan fingerprint density at radius 2 is 1.93 bits per heavy atom. The van der Waals surface area contributed by atoms with Crippen molar-refractivity contribution in [2.75, 3.05) is 5.32 Å². The first kappa shape index (κ1) is 20.4. The number of nitrogens with zero attached hydrogens (tertiary/aromatic N) is 2. The van der Waals surface area contributed by atoms with Crippen molar-refractivity contribution in [3.63, 3.8) is 0 Å². The number of nitrogens with one attached hydrogen (secondary N) is 1. The van der Waals surface area contributed by atoms with E-state index in [0.717, 1.165) is 27.0 Å². The highest BCUT2D eigenvalue weighted by atomic mass is 32.2. The van der Waals surface area contributed by atoms with Crippen LogP contribution >= 0.6 is 23.1 Å². The maximum Gasteiger partial charge on any atom is 0.267 e. The normalized spacial score (nSPS) is 11.8. The Morgan fingerprint density at radius 3 is 2.68 bits per heavy atom. The number of aryl methyl sites for hydroxylation is 1. The number of ether oxygens (including phenoxy) is 1. The molecular formula is C21H23N3O2S2. The van der Waals surface area contributed by atoms with Crippen LogP contribution in [0.4, 0.5) is 5.13 Å². The van der Waals surface area contributed by atoms with Gasteiger partial charge in [0, 0.05) is 5.75 Å². The zero-order valence-electron chi connectivity index (χ0n) is 16.1. The maximum absolute atomic E-state index is 12.6. The summed E-state index contributed by atoms with van der Waals surface area (Å²) >= 11 is 2.98. The van der Waals surface area contributed by atoms with Crippen LogP contribution in [0, 0.1) is 13.8 Å². The summed E-state index contributed by atoms with van der Waals surface area (Å²) in [5.74, 6) is 1.34. The highest BCUT2D eigenvalue weighted by Gasteiger charge is 2.21. The predicted molar refractivity (Wildman–Crippen MR) is 115 cm³/mol. The average molecular weight is 414 g/mol. The molecule has 1 atom stereocenters. The summed E-state index contributed by atoms with van der Waals surface area (Å²) in [5.41, 5.74) is 3.41. The van der Waals surface area contributed by atoms with Crippen molar-refractivity contribution in [3.8, 4) is 5.75 Å². The minimum atomic E-state index is -0.579. The smallest absolute Gasteiger partial charge is 0.267 e. The zero-order valence-corrected chi connectivity index (χ0v) is 17.8. The van der Waals surface area contributed by atoms with E-state index in [-0.39, 0.29) is 5.91 Å². The summed E-state index contributed by atoms with van der Waals surface area (Å²) in [4.78, 5) is 12.6. The minimum absolute atomic E-state index is 0.209. The summed E-state index contributed by atoms with van der Waals surface area (Å²) in [6, 6.07) is 16.0. The molecule has 1 aromatic heterocycles. The Bertz CT molecular complexity index is 928. The first-order chi connectivity index (χ1) is 13.6. The van der Waals surface area contributed by atoms with E-state index >= 15 is 0 Å². The number of amides is 1. The van der Waals surface area contributed by atoms with Crippen LogP contribution < -0.4 is 10.1 Å². The third-order valence-corrected chi connectivity index (χ3v) is 6.37. The van der Waals surface area contributed by atoms with Crippen LogP contribution in [0.2, 0.25) is 0 Å². The summed E-state index contributed by atoms with van der Waals surface area (Å²) in [6.45, 7) is 5.95. The largest absolute Gasteiger partial charge is 0.480 e. The molecular weight excluding hydrogens is 390 g/mol. The molecule has 1 amide bonds. The van der Waals surface area contributed by atoms with Gasteiger partial charge in [-0.1, -0.05) is 72.5 Å². The van der Waals surface area contributed by atoms with Gasteiger partial charge >= 0.3 is 0 Å². The van der Waals surface area contributed by atoms with Gasteiger partial charge in [0.1, 0.15) is 5.75 Å². The molecule has 0 spiro atoms. The molecule has 0 aliphatic heterocycles. The maximum atomic E-state index is 12.6. The zero-order chi connectivity index (χ0) is 19.9. The first-order valence-electron chi connectivity index (χ1n) is 9.10. The number of carbonyl (C=O) groups excluding carboxylic acids is 1. The average Bonchev–Trinajstić information content (AvgIpc) is 3.15. The van der Waals surface area contributed by atoms with Crippen molar-refractivity contribution in [1.82, 2.24) is 10.2 Å². The van der Waals surface area contributed by atoms with E-state index in [1.54, 1.807) is 11.8 Å². The van der Waals surface area contributed by atoms with Gasteiger partial charge in [-0.2, -0.15) is 0 Å². The Morgan fingerprint density at radius 1 is 1.14 bits per heavy atom. The quantitative estimate of drug-likeness (QED) is 0.404. The van der Waals surface area contributed by atoms with Gasteiger partial charge in [0.2, 0.25) is 5.13 Å². The summed E-state index contributed by atoms with van der Waals surface area (Å²) in [7, 11) is 0. The lowest BCUT2D eigenvalue weighted by molar-refractivity contribution is -0.122. The standard InChI is InChI=1S/C21H23N3O2S2/c1-4-17(26-18-12-8-9-14(2)15(18)3)19(25)22-20-23-24-21(28-20)27-13-16-10-6-5-7-11-16/h5-12,17H,4,13H2,1-3H3,(H,22,23,25)/t17-/m0/s1. The van der Waals surface area contributed by atoms with E-state index in [9.17, 15) is 4.79 Å². The molecule has 0 aliphatic rings. The van der Waals surface area contributed by atoms with Gasteiger partial charge < -0.3 is 4.74 Å². The van der Waals surface area contributed by atoms with Gasteiger partial charge in [-0.25, -0.2) is 0 Å². The van der Waals surface area contributed by atoms with Gasteiger partial charge in [-0.05, 0) is 43.0 Å². The van der Waals surface area contributed by atoms with Crippen LogP contribution in [0.25, 0.3) is 0 Å². The van der Waals surface area contributed by atoms with E-state index in [1.807, 2.05) is 57.2 Å². The molecule has 0 unspecified atom stereocenters. The van der Waals surface area contributed by atoms with Crippen LogP contribution in [0.15, 0.2) is 52.9 Å². The number of aromatic nitrogens is 2. The summed E-state index contributed by atoms with van der Waals surface area (Å²) in [6.07, 6.45) is -0.0157. The van der Waals surface area contributed by atoms with E-state index in [0.29, 0.717) is 11.6 Å². The fourth-order valence-electron chi connectivity index (χ4n) is 2.55. The van der Waals surface area contributed by atoms with Gasteiger partial charge in [-0.3, -0.25) is 10.1 Å². The van der Waals surface area contributed by atoms with Crippen LogP contribution in [-0.2, 0) is 10.5 Å². The number of carbonyl (C=O) groups is 1. The van der Waals surface area contributed by atoms with Crippen molar-refractivity contribution in [3.05, 3.63) is 65.2 Å². The minimum Gasteiger partial charge on any atom is -0.480 e. The van der Waals surface area contributed by atoms with E-state index in [4.69, 9.17) is 4.74 Å². The van der Waals surface area contributed by atoms with Crippen molar-refractivity contribution in [2.45, 2.75) is 43.4 Å². The molecule has 3 aromatic rings. The van der Waals surface area contributed by atoms with Crippen LogP contribution in [0.1, 0.15) is 30.0 Å². The van der Waals surface area contributed by atoms with Crippen molar-refractivity contribution >= 4 is 34.1 Å². The van der Waals surface area contributed by atoms with Crippen LogP contribution in [0.5, 0.6) is 5.75 Å². The Kier molecular flexibility index (Phi) is 7.06. The van der Waals surface area contributed by atoms with Crippen molar-refractivity contribution in [1.29, 1.82) is 0 Å². The third kappa shape index (κ3) is 5.33. The van der Waals surface area contributed by atoms with E-state index in [2.05, 4.69) is 27.6 Å². The number of hydrogen-bond acceptors (Lipinski definition) is 6. The van der Waals surface area contributed by atoms with Crippen LogP contribution in [0.3, 0.4) is 0 Å². The van der Waals surface area contributed by atoms with E-state index < -0.39 is 6.10 Å². The van der Waals surface area contributed by atoms with Gasteiger partial charge in [0.05, 0.1) is 0 Å². The van der Waals surface area contributed by atoms with Gasteiger partial charge in [-0.15, -0.1) is 10.2 Å². The van der Waals surface area contributed by atoms with Crippen molar-refractivity contribution in [2.24, 2.45) is 0 Å². The number of anilines is 1. The molecule has 28 heavy (non-hydrogen) atoms. The lowest BCUT2D eigenvalue weighted by Gasteiger charge is -2.18. The molecule has 5 nitrogen and oxygen atoms in total. The fourth-order valence-corrected chi connectivity index (χ4v) is 4.26. The molecule has 0 fully saturated rings. The number of hydrogen-bond donors (Lipinski definition) is 1. The first-order valence-corrected chi connectivity index (χ1v) is 10.9. The molecule has 3 rings (SSSR count). The highest BCUT2D eigenvalue weighted by molar-refractivity contribution is 8.00. The third-order valence-electron chi connectivity index (χ3n) is 4.33. The predicted octanol–water partition coefficient (Wildman–Crippen LogP) is 5.24. The van der Waals surface area contributed by atoms with Gasteiger partial charge in [0.25, 0.3) is 5.91 Å². The topological polar surface area (TPSA) is 64.1 Å². The molecule has 146 valence electrons. The van der Waals surface area contributed by atoms with E-state index in [1.165, 1.54) is 16.9 Å². The Balaban J connectivity index is 1.58. The molecule has 0 saturated carbocycles. The second kappa shape index (κ2) is 9.71. The second-order valence-corrected chi connectivity index (χ2v) is 8.55. The SMILES string of the molecule is CC[C@H](Oc1cccc(C)c1C)C(=O)Nc1nnc(SCc2ccccc2)s1. The molecule has 2 aromatic carbocycles. The lowest BCUT2D eigenvalue weighted by Crippen LogP contribution is -2.32. The molecule has 0 aliphatic carbocycles. The number of rotatable bonds is 8. The second-order valence-electron chi connectivity index (χ2n) is 6.35. The van der Waals surface area contributed by atoms with Crippen molar-refractivity contribution < 1.29 is 9.53 Å². The molecule has 7 heteroatoms. The van der Waals surface area contributed by atoms with Gasteiger partial charge in [0.15, 0.2) is 10.4 Å². The molecule has 1 heterocycles. The highest BCUT2D eigenvalue weighted by Crippen LogP contribution is 2.29. The molecule has 0 bridgehead atoms. The van der Waals surface area contributed by atoms with Crippen LogP contribution in [-0.4, -0.2) is 22.2 Å².